The third kappa shape index (κ3) is 3.30. The van der Waals surface area contributed by atoms with Crippen LogP contribution in [0.4, 0.5) is 5.69 Å². The first kappa shape index (κ1) is 14.8. The van der Waals surface area contributed by atoms with Gasteiger partial charge in [0, 0.05) is 31.9 Å². The number of rotatable bonds is 4. The van der Waals surface area contributed by atoms with Gasteiger partial charge in [0.2, 0.25) is 0 Å². The number of benzene rings is 1. The maximum atomic E-state index is 10.9. The van der Waals surface area contributed by atoms with E-state index in [1.54, 1.807) is 13.0 Å². The highest BCUT2D eigenvalue weighted by molar-refractivity contribution is 6.59. The number of carboxylic acid groups (broad SMARTS) is 1. The average molecular weight is 278 g/mol. The topological polar surface area (TPSA) is 93.0 Å². The maximum Gasteiger partial charge on any atom is 0.488 e. The van der Waals surface area contributed by atoms with Gasteiger partial charge in [-0.1, -0.05) is 0 Å². The molecule has 0 aromatic heterocycles. The fourth-order valence-electron chi connectivity index (χ4n) is 2.50. The lowest BCUT2D eigenvalue weighted by Gasteiger charge is -2.30. The Morgan fingerprint density at radius 2 is 2.00 bits per heavy atom. The monoisotopic (exact) mass is 278 g/mol. The molecule has 108 valence electrons. The van der Waals surface area contributed by atoms with Gasteiger partial charge >= 0.3 is 13.1 Å². The van der Waals surface area contributed by atoms with E-state index in [9.17, 15) is 14.8 Å². The molecular formula is C13H19BN2O4. The van der Waals surface area contributed by atoms with Crippen LogP contribution in [-0.2, 0) is 11.2 Å². The van der Waals surface area contributed by atoms with Crippen LogP contribution in [0.3, 0.4) is 0 Å². The summed E-state index contributed by atoms with van der Waals surface area (Å²) in [5.41, 5.74) is 2.46. The van der Waals surface area contributed by atoms with Gasteiger partial charge in [0.1, 0.15) is 0 Å². The quantitative estimate of drug-likeness (QED) is 0.512. The highest BCUT2D eigenvalue weighted by atomic mass is 16.4. The zero-order valence-electron chi connectivity index (χ0n) is 11.5. The van der Waals surface area contributed by atoms with Crippen molar-refractivity contribution in [3.8, 4) is 0 Å². The average Bonchev–Trinajstić information content (AvgIpc) is 2.41. The first-order chi connectivity index (χ1) is 9.49. The van der Waals surface area contributed by atoms with Crippen LogP contribution in [0.15, 0.2) is 12.1 Å². The van der Waals surface area contributed by atoms with Crippen LogP contribution in [-0.4, -0.2) is 54.4 Å². The smallest absolute Gasteiger partial charge is 0.481 e. The Morgan fingerprint density at radius 1 is 1.35 bits per heavy atom. The number of piperazine rings is 1. The van der Waals surface area contributed by atoms with Crippen LogP contribution in [0.25, 0.3) is 0 Å². The van der Waals surface area contributed by atoms with E-state index in [4.69, 9.17) is 5.11 Å². The second-order valence-electron chi connectivity index (χ2n) is 5.00. The molecule has 1 saturated heterocycles. The molecule has 1 aliphatic rings. The van der Waals surface area contributed by atoms with E-state index in [0.29, 0.717) is 16.6 Å². The van der Waals surface area contributed by atoms with E-state index in [1.807, 2.05) is 6.07 Å². The minimum Gasteiger partial charge on any atom is -0.481 e. The molecule has 0 saturated carbocycles. The van der Waals surface area contributed by atoms with Gasteiger partial charge in [-0.25, -0.2) is 0 Å². The molecule has 1 aliphatic heterocycles. The van der Waals surface area contributed by atoms with E-state index in [0.717, 1.165) is 31.9 Å². The number of anilines is 1. The molecule has 7 heteroatoms. The van der Waals surface area contributed by atoms with Crippen molar-refractivity contribution in [1.29, 1.82) is 0 Å². The van der Waals surface area contributed by atoms with Crippen molar-refractivity contribution in [3.05, 3.63) is 23.3 Å². The molecule has 0 amide bonds. The van der Waals surface area contributed by atoms with Gasteiger partial charge in [-0.3, -0.25) is 4.79 Å². The predicted molar refractivity (Wildman–Crippen MR) is 77.4 cm³/mol. The Kier molecular flexibility index (Phi) is 4.64. The fourth-order valence-corrected chi connectivity index (χ4v) is 2.50. The van der Waals surface area contributed by atoms with E-state index in [1.165, 1.54) is 0 Å². The van der Waals surface area contributed by atoms with Gasteiger partial charge in [-0.05, 0) is 35.6 Å². The highest BCUT2D eigenvalue weighted by Crippen LogP contribution is 2.19. The largest absolute Gasteiger partial charge is 0.488 e. The summed E-state index contributed by atoms with van der Waals surface area (Å²) in [4.78, 5) is 13.1. The Hall–Kier alpha value is -1.57. The predicted octanol–water partition coefficient (Wildman–Crippen LogP) is -1.29. The van der Waals surface area contributed by atoms with Crippen molar-refractivity contribution in [2.45, 2.75) is 13.3 Å². The van der Waals surface area contributed by atoms with Gasteiger partial charge in [-0.2, -0.15) is 0 Å². The number of nitrogens with zero attached hydrogens (tertiary/aromatic N) is 1. The summed E-state index contributed by atoms with van der Waals surface area (Å²) in [6.45, 7) is 5.07. The van der Waals surface area contributed by atoms with Crippen LogP contribution in [0.2, 0.25) is 0 Å². The molecule has 1 aromatic carbocycles. The molecule has 1 fully saturated rings. The normalized spacial score (nSPS) is 15.2. The van der Waals surface area contributed by atoms with Gasteiger partial charge in [-0.15, -0.1) is 0 Å². The summed E-state index contributed by atoms with van der Waals surface area (Å²) < 4.78 is 0. The molecule has 0 bridgehead atoms. The Bertz CT molecular complexity index is 501. The van der Waals surface area contributed by atoms with Crippen molar-refractivity contribution in [1.82, 2.24) is 5.32 Å². The molecule has 2 rings (SSSR count). The Morgan fingerprint density at radius 3 is 2.55 bits per heavy atom. The lowest BCUT2D eigenvalue weighted by atomic mass is 9.75. The van der Waals surface area contributed by atoms with Gasteiger partial charge in [0.05, 0.1) is 6.42 Å². The standard InChI is InChI=1S/C13H19BN2O4/c1-9-10(7-13(17)18)6-11(8-12(9)14(19)20)16-4-2-15-3-5-16/h6,8,15,19-20H,2-5,7H2,1H3,(H,17,18). The molecule has 1 heterocycles. The zero-order chi connectivity index (χ0) is 14.7. The first-order valence-electron chi connectivity index (χ1n) is 6.66. The van der Waals surface area contributed by atoms with Crippen LogP contribution < -0.4 is 15.7 Å². The summed E-state index contributed by atoms with van der Waals surface area (Å²) in [6, 6.07) is 3.57. The number of carbonyl (C=O) groups is 1. The molecule has 1 aromatic rings. The minimum atomic E-state index is -1.59. The number of carboxylic acids is 1. The molecule has 0 aliphatic carbocycles. The molecule has 0 radical (unpaired) electrons. The lowest BCUT2D eigenvalue weighted by molar-refractivity contribution is -0.136. The zero-order valence-corrected chi connectivity index (χ0v) is 11.5. The summed E-state index contributed by atoms with van der Waals surface area (Å²) in [6.07, 6.45) is -0.120. The number of hydrogen-bond acceptors (Lipinski definition) is 5. The fraction of sp³-hybridized carbons (Fsp3) is 0.462. The van der Waals surface area contributed by atoms with Crippen molar-refractivity contribution in [3.63, 3.8) is 0 Å². The summed E-state index contributed by atoms with van der Waals surface area (Å²) in [5, 5.41) is 31.1. The van der Waals surface area contributed by atoms with Crippen LogP contribution in [0, 0.1) is 6.92 Å². The first-order valence-corrected chi connectivity index (χ1v) is 6.66. The third-order valence-corrected chi connectivity index (χ3v) is 3.64. The van der Waals surface area contributed by atoms with Crippen molar-refractivity contribution < 1.29 is 19.9 Å². The van der Waals surface area contributed by atoms with Gasteiger partial charge in [0.25, 0.3) is 0 Å². The summed E-state index contributed by atoms with van der Waals surface area (Å²) in [5.74, 6) is -0.927. The summed E-state index contributed by atoms with van der Waals surface area (Å²) in [7, 11) is -1.59. The molecule has 0 spiro atoms. The van der Waals surface area contributed by atoms with Crippen molar-refractivity contribution in [2.24, 2.45) is 0 Å². The Labute approximate surface area is 118 Å². The van der Waals surface area contributed by atoms with Crippen LogP contribution in [0.1, 0.15) is 11.1 Å². The van der Waals surface area contributed by atoms with E-state index in [-0.39, 0.29) is 6.42 Å². The summed E-state index contributed by atoms with van der Waals surface area (Å²) >= 11 is 0. The van der Waals surface area contributed by atoms with E-state index < -0.39 is 13.1 Å². The van der Waals surface area contributed by atoms with Crippen molar-refractivity contribution >= 4 is 24.2 Å². The second-order valence-corrected chi connectivity index (χ2v) is 5.00. The molecular weight excluding hydrogens is 259 g/mol. The van der Waals surface area contributed by atoms with E-state index in [2.05, 4.69) is 10.2 Å². The minimum absolute atomic E-state index is 0.120. The van der Waals surface area contributed by atoms with Crippen molar-refractivity contribution in [2.75, 3.05) is 31.1 Å². The Balaban J connectivity index is 2.40. The van der Waals surface area contributed by atoms with E-state index >= 15 is 0 Å². The van der Waals surface area contributed by atoms with Crippen LogP contribution >= 0.6 is 0 Å². The third-order valence-electron chi connectivity index (χ3n) is 3.64. The number of nitrogens with one attached hydrogen (secondary N) is 1. The van der Waals surface area contributed by atoms with Gasteiger partial charge < -0.3 is 25.4 Å². The maximum absolute atomic E-state index is 10.9. The molecule has 4 N–H and O–H groups in total. The lowest BCUT2D eigenvalue weighted by Crippen LogP contribution is -2.44. The second kappa shape index (κ2) is 6.26. The number of aliphatic carboxylic acids is 1. The SMILES string of the molecule is Cc1c(CC(=O)O)cc(N2CCNCC2)cc1B(O)O. The molecule has 0 atom stereocenters. The highest BCUT2D eigenvalue weighted by Gasteiger charge is 2.21. The molecule has 0 unspecified atom stereocenters. The van der Waals surface area contributed by atoms with Crippen LogP contribution in [0.5, 0.6) is 0 Å². The molecule has 6 nitrogen and oxygen atoms in total. The number of hydrogen-bond donors (Lipinski definition) is 4. The van der Waals surface area contributed by atoms with Gasteiger partial charge in [0.15, 0.2) is 0 Å². The molecule has 20 heavy (non-hydrogen) atoms.